The van der Waals surface area contributed by atoms with Gasteiger partial charge in [-0.1, -0.05) is 36.8 Å². The Hall–Kier alpha value is -4.36. The highest BCUT2D eigenvalue weighted by Crippen LogP contribution is 2.50. The standard InChI is InChI=1S/C35H43N7O3/c1-37-34(44)40-31-9-5-8-30(31)35(27-6-3-2-4-7-27,23-38-33(43)32-22-45-24-39-32)28-14-16-41(17-15-28)19-26-20-42(21-26)29-12-10-25(18-36)11-13-29/h2-4,6-7,10-13,22,24,26,28,30-31H,5,8-9,14-17,19-21,23H2,1H3,(H,38,43)(H2,37,40,44)/t30-,31-,35?/m0/s1. The fourth-order valence-electron chi connectivity index (χ4n) is 8.15. The first-order valence-electron chi connectivity index (χ1n) is 16.2. The van der Waals surface area contributed by atoms with Crippen LogP contribution in [0.4, 0.5) is 10.5 Å². The van der Waals surface area contributed by atoms with Crippen molar-refractivity contribution in [2.24, 2.45) is 17.8 Å². The summed E-state index contributed by atoms with van der Waals surface area (Å²) in [6, 6.07) is 20.5. The van der Waals surface area contributed by atoms with Crippen LogP contribution in [0.25, 0.3) is 0 Å². The second kappa shape index (κ2) is 13.7. The van der Waals surface area contributed by atoms with Crippen molar-refractivity contribution in [1.82, 2.24) is 25.8 Å². The second-order valence-electron chi connectivity index (χ2n) is 12.8. The zero-order chi connectivity index (χ0) is 31.2. The molecule has 2 aliphatic heterocycles. The van der Waals surface area contributed by atoms with Gasteiger partial charge in [-0.3, -0.25) is 4.79 Å². The van der Waals surface area contributed by atoms with Gasteiger partial charge in [-0.25, -0.2) is 9.78 Å². The van der Waals surface area contributed by atoms with Crippen molar-refractivity contribution in [2.75, 3.05) is 51.2 Å². The lowest BCUT2D eigenvalue weighted by Crippen LogP contribution is -2.59. The van der Waals surface area contributed by atoms with Crippen molar-refractivity contribution >= 4 is 17.6 Å². The Balaban J connectivity index is 1.19. The molecule has 1 saturated carbocycles. The molecule has 3 N–H and O–H groups in total. The van der Waals surface area contributed by atoms with Crippen molar-refractivity contribution in [3.05, 3.63) is 84.1 Å². The average molecular weight is 610 g/mol. The van der Waals surface area contributed by atoms with Crippen LogP contribution in [0.15, 0.2) is 71.7 Å². The van der Waals surface area contributed by atoms with Gasteiger partial charge in [-0.05, 0) is 80.4 Å². The molecule has 2 saturated heterocycles. The molecule has 0 spiro atoms. The van der Waals surface area contributed by atoms with Crippen molar-refractivity contribution in [2.45, 2.75) is 43.6 Å². The minimum Gasteiger partial charge on any atom is -0.451 e. The third kappa shape index (κ3) is 6.54. The number of urea groups is 1. The minimum absolute atomic E-state index is 0.00956. The molecular weight excluding hydrogens is 566 g/mol. The molecule has 1 unspecified atom stereocenters. The van der Waals surface area contributed by atoms with Crippen molar-refractivity contribution < 1.29 is 14.0 Å². The summed E-state index contributed by atoms with van der Waals surface area (Å²) in [4.78, 5) is 34.9. The normalized spacial score (nSPS) is 22.2. The summed E-state index contributed by atoms with van der Waals surface area (Å²) in [6.45, 7) is 5.61. The van der Waals surface area contributed by atoms with Gasteiger partial charge < -0.3 is 30.2 Å². The van der Waals surface area contributed by atoms with Crippen LogP contribution in [0, 0.1) is 29.1 Å². The molecule has 6 rings (SSSR count). The Kier molecular flexibility index (Phi) is 9.36. The minimum atomic E-state index is -0.363. The molecule has 2 aromatic carbocycles. The van der Waals surface area contributed by atoms with E-state index in [1.54, 1.807) is 7.05 Å². The van der Waals surface area contributed by atoms with E-state index in [2.05, 4.69) is 61.1 Å². The monoisotopic (exact) mass is 609 g/mol. The molecule has 3 aromatic rings. The second-order valence-corrected chi connectivity index (χ2v) is 12.8. The van der Waals surface area contributed by atoms with E-state index in [9.17, 15) is 9.59 Å². The number of anilines is 1. The van der Waals surface area contributed by atoms with Gasteiger partial charge >= 0.3 is 6.03 Å². The maximum absolute atomic E-state index is 13.2. The number of oxazole rings is 1. The number of carbonyl (C=O) groups is 2. The highest BCUT2D eigenvalue weighted by Gasteiger charge is 2.52. The molecule has 0 radical (unpaired) electrons. The molecule has 45 heavy (non-hydrogen) atoms. The highest BCUT2D eigenvalue weighted by atomic mass is 16.3. The van der Waals surface area contributed by atoms with Crippen LogP contribution in [-0.2, 0) is 5.41 Å². The third-order valence-corrected chi connectivity index (χ3v) is 10.4. The van der Waals surface area contributed by atoms with Gasteiger partial charge in [-0.15, -0.1) is 0 Å². The molecule has 3 heterocycles. The molecule has 3 fully saturated rings. The number of likely N-dealkylation sites (tertiary alicyclic amines) is 1. The van der Waals surface area contributed by atoms with Crippen LogP contribution in [0.1, 0.15) is 53.7 Å². The Morgan fingerprint density at radius 3 is 2.47 bits per heavy atom. The quantitative estimate of drug-likeness (QED) is 0.315. The van der Waals surface area contributed by atoms with Gasteiger partial charge in [0, 0.05) is 56.3 Å². The molecule has 3 atom stereocenters. The van der Waals surface area contributed by atoms with E-state index in [-0.39, 0.29) is 35.0 Å². The predicted octanol–water partition coefficient (Wildman–Crippen LogP) is 4.16. The molecular formula is C35H43N7O3. The predicted molar refractivity (Wildman–Crippen MR) is 172 cm³/mol. The Morgan fingerprint density at radius 1 is 1.04 bits per heavy atom. The zero-order valence-electron chi connectivity index (χ0n) is 26.0. The SMILES string of the molecule is CNC(=O)N[C@H]1CCC[C@@H]1C(CNC(=O)c1cocn1)(c1ccccc1)C1CCN(CC2CN(c3ccc(C#N)cc3)C2)CC1. The first-order valence-corrected chi connectivity index (χ1v) is 16.2. The number of amides is 3. The topological polar surface area (TPSA) is 127 Å². The number of rotatable bonds is 10. The number of piperidine rings is 1. The fourth-order valence-corrected chi connectivity index (χ4v) is 8.15. The van der Waals surface area contributed by atoms with E-state index in [1.807, 2.05) is 30.3 Å². The lowest BCUT2D eigenvalue weighted by atomic mass is 9.58. The summed E-state index contributed by atoms with van der Waals surface area (Å²) < 4.78 is 5.09. The maximum atomic E-state index is 13.2. The molecule has 1 aromatic heterocycles. The van der Waals surface area contributed by atoms with Gasteiger partial charge in [0.05, 0.1) is 11.6 Å². The average Bonchev–Trinajstić information content (AvgIpc) is 3.77. The van der Waals surface area contributed by atoms with Crippen LogP contribution in [0.5, 0.6) is 0 Å². The third-order valence-electron chi connectivity index (χ3n) is 10.4. The van der Waals surface area contributed by atoms with Gasteiger partial charge in [0.15, 0.2) is 12.1 Å². The molecule has 3 aliphatic rings. The first-order chi connectivity index (χ1) is 22.0. The van der Waals surface area contributed by atoms with Crippen LogP contribution in [0.2, 0.25) is 0 Å². The number of nitriles is 1. The summed E-state index contributed by atoms with van der Waals surface area (Å²) in [7, 11) is 1.66. The Labute approximate surface area is 265 Å². The molecule has 1 aliphatic carbocycles. The summed E-state index contributed by atoms with van der Waals surface area (Å²) in [5.41, 5.74) is 3.00. The number of hydrogen-bond acceptors (Lipinski definition) is 7. The van der Waals surface area contributed by atoms with Gasteiger partial charge in [-0.2, -0.15) is 5.26 Å². The summed E-state index contributed by atoms with van der Waals surface area (Å²) >= 11 is 0. The van der Waals surface area contributed by atoms with E-state index in [0.29, 0.717) is 23.9 Å². The van der Waals surface area contributed by atoms with Crippen LogP contribution in [-0.4, -0.2) is 74.2 Å². The number of nitrogens with zero attached hydrogens (tertiary/aromatic N) is 4. The molecule has 10 heteroatoms. The number of nitrogens with one attached hydrogen (secondary N) is 3. The smallest absolute Gasteiger partial charge is 0.314 e. The fraction of sp³-hybridized carbons (Fsp3) is 0.486. The lowest BCUT2D eigenvalue weighted by molar-refractivity contribution is 0.0634. The molecule has 0 bridgehead atoms. The largest absolute Gasteiger partial charge is 0.451 e. The van der Waals surface area contributed by atoms with E-state index in [4.69, 9.17) is 9.68 Å². The van der Waals surface area contributed by atoms with E-state index in [0.717, 1.165) is 64.8 Å². The summed E-state index contributed by atoms with van der Waals surface area (Å²) in [6.07, 6.45) is 7.62. The maximum Gasteiger partial charge on any atom is 0.314 e. The molecule has 3 amide bonds. The van der Waals surface area contributed by atoms with Gasteiger partial charge in [0.1, 0.15) is 6.26 Å². The van der Waals surface area contributed by atoms with Gasteiger partial charge in [0.2, 0.25) is 0 Å². The number of benzene rings is 2. The van der Waals surface area contributed by atoms with Crippen molar-refractivity contribution in [3.8, 4) is 6.07 Å². The van der Waals surface area contributed by atoms with E-state index >= 15 is 0 Å². The molecule has 10 nitrogen and oxygen atoms in total. The van der Waals surface area contributed by atoms with Crippen LogP contribution in [0.3, 0.4) is 0 Å². The summed E-state index contributed by atoms with van der Waals surface area (Å²) in [5.74, 6) is 0.863. The summed E-state index contributed by atoms with van der Waals surface area (Å²) in [5, 5.41) is 18.4. The Morgan fingerprint density at radius 2 is 1.80 bits per heavy atom. The zero-order valence-corrected chi connectivity index (χ0v) is 26.0. The number of aromatic nitrogens is 1. The van der Waals surface area contributed by atoms with E-state index < -0.39 is 0 Å². The Bertz CT molecular complexity index is 1460. The van der Waals surface area contributed by atoms with Gasteiger partial charge in [0.25, 0.3) is 5.91 Å². The first kappa shape index (κ1) is 30.7. The molecule has 236 valence electrons. The van der Waals surface area contributed by atoms with Crippen molar-refractivity contribution in [1.29, 1.82) is 5.26 Å². The highest BCUT2D eigenvalue weighted by molar-refractivity contribution is 5.91. The van der Waals surface area contributed by atoms with Crippen LogP contribution < -0.4 is 20.9 Å². The number of carbonyl (C=O) groups excluding carboxylic acids is 2. The van der Waals surface area contributed by atoms with Crippen molar-refractivity contribution in [3.63, 3.8) is 0 Å². The van der Waals surface area contributed by atoms with E-state index in [1.165, 1.54) is 23.9 Å². The van der Waals surface area contributed by atoms with Crippen LogP contribution >= 0.6 is 0 Å². The lowest BCUT2D eigenvalue weighted by Gasteiger charge is -2.51. The number of hydrogen-bond donors (Lipinski definition) is 3.